The van der Waals surface area contributed by atoms with Crippen LogP contribution >= 0.6 is 0 Å². The van der Waals surface area contributed by atoms with Gasteiger partial charge in [-0.3, -0.25) is 4.79 Å². The van der Waals surface area contributed by atoms with E-state index in [-0.39, 0.29) is 17.6 Å². The Kier molecular flexibility index (Phi) is 5.21. The van der Waals surface area contributed by atoms with Crippen molar-refractivity contribution in [3.63, 3.8) is 0 Å². The number of anilines is 1. The zero-order valence-corrected chi connectivity index (χ0v) is 16.5. The van der Waals surface area contributed by atoms with Crippen LogP contribution in [0.1, 0.15) is 25.1 Å². The molecule has 4 rings (SSSR count). The summed E-state index contributed by atoms with van der Waals surface area (Å²) in [6.07, 6.45) is 0.466. The minimum Gasteiger partial charge on any atom is -0.378 e. The Labute approximate surface area is 160 Å². The number of rotatable bonds is 3. The van der Waals surface area contributed by atoms with Gasteiger partial charge in [-0.25, -0.2) is 0 Å². The number of aromatic amines is 1. The van der Waals surface area contributed by atoms with Crippen molar-refractivity contribution in [2.75, 3.05) is 44.3 Å². The highest BCUT2D eigenvalue weighted by Gasteiger charge is 2.27. The molecular weight excluding hydrogens is 342 g/mol. The largest absolute Gasteiger partial charge is 0.378 e. The second-order valence-corrected chi connectivity index (χ2v) is 7.98. The minimum absolute atomic E-state index is 0.163. The molecule has 2 saturated heterocycles. The molecule has 0 saturated carbocycles. The fourth-order valence-electron chi connectivity index (χ4n) is 4.45. The molecule has 0 spiro atoms. The molecule has 3 heterocycles. The van der Waals surface area contributed by atoms with E-state index in [1.807, 2.05) is 19.1 Å². The molecule has 0 amide bonds. The lowest BCUT2D eigenvalue weighted by atomic mass is 10.1. The Hall–Kier alpha value is -1.89. The van der Waals surface area contributed by atoms with Crippen LogP contribution in [-0.4, -0.2) is 56.6 Å². The van der Waals surface area contributed by atoms with Crippen LogP contribution in [0.25, 0.3) is 10.9 Å². The number of aromatic nitrogens is 1. The van der Waals surface area contributed by atoms with Crippen LogP contribution in [0.15, 0.2) is 23.0 Å². The van der Waals surface area contributed by atoms with Gasteiger partial charge in [0.2, 0.25) is 0 Å². The summed E-state index contributed by atoms with van der Waals surface area (Å²) in [4.78, 5) is 20.5. The molecule has 0 radical (unpaired) electrons. The molecule has 2 N–H and O–H groups in total. The van der Waals surface area contributed by atoms with Crippen molar-refractivity contribution in [2.24, 2.45) is 0 Å². The van der Waals surface area contributed by atoms with Gasteiger partial charge < -0.3 is 24.3 Å². The summed E-state index contributed by atoms with van der Waals surface area (Å²) in [6, 6.07) is 6.17. The highest BCUT2D eigenvalue weighted by molar-refractivity contribution is 5.83. The number of ether oxygens (including phenoxy) is 2. The number of nitrogens with zero attached hydrogens (tertiary/aromatic N) is 1. The van der Waals surface area contributed by atoms with E-state index in [1.54, 1.807) is 0 Å². The van der Waals surface area contributed by atoms with E-state index in [2.05, 4.69) is 29.8 Å². The van der Waals surface area contributed by atoms with Gasteiger partial charge in [-0.2, -0.15) is 0 Å². The van der Waals surface area contributed by atoms with Gasteiger partial charge >= 0.3 is 0 Å². The van der Waals surface area contributed by atoms with Gasteiger partial charge in [-0.05, 0) is 39.0 Å². The second-order valence-electron chi connectivity index (χ2n) is 7.98. The van der Waals surface area contributed by atoms with E-state index < -0.39 is 0 Å². The number of aryl methyl sites for hydroxylation is 1. The number of morpholine rings is 2. The topological polar surface area (TPSA) is 59.0 Å². The van der Waals surface area contributed by atoms with Crippen LogP contribution in [0, 0.1) is 6.92 Å². The number of pyridine rings is 1. The lowest BCUT2D eigenvalue weighted by Crippen LogP contribution is -3.14. The molecule has 2 atom stereocenters. The minimum atomic E-state index is 0.163. The van der Waals surface area contributed by atoms with Gasteiger partial charge in [-0.1, -0.05) is 0 Å². The smallest absolute Gasteiger partial charge is 0.198 e. The van der Waals surface area contributed by atoms with Crippen LogP contribution in [0.3, 0.4) is 0 Å². The highest BCUT2D eigenvalue weighted by atomic mass is 16.5. The summed E-state index contributed by atoms with van der Waals surface area (Å²) in [5.41, 5.74) is 4.06. The number of fused-ring (bicyclic) bond motifs is 1. The molecule has 0 aliphatic carbocycles. The predicted molar refractivity (Wildman–Crippen MR) is 107 cm³/mol. The molecule has 2 fully saturated rings. The molecule has 6 heteroatoms. The van der Waals surface area contributed by atoms with E-state index in [0.717, 1.165) is 73.8 Å². The average Bonchev–Trinajstić information content (AvgIpc) is 2.65. The molecule has 0 bridgehead atoms. The number of hydrogen-bond donors (Lipinski definition) is 2. The number of nitrogens with one attached hydrogen (secondary N) is 2. The zero-order chi connectivity index (χ0) is 19.0. The maximum atomic E-state index is 13.3. The first-order chi connectivity index (χ1) is 13.0. The van der Waals surface area contributed by atoms with E-state index in [1.165, 1.54) is 4.90 Å². The third-order valence-electron chi connectivity index (χ3n) is 5.72. The fraction of sp³-hybridized carbons (Fsp3) is 0.571. The molecular formula is C21H30N3O3+. The predicted octanol–water partition coefficient (Wildman–Crippen LogP) is 0.865. The van der Waals surface area contributed by atoms with E-state index in [9.17, 15) is 4.79 Å². The summed E-state index contributed by atoms with van der Waals surface area (Å²) < 4.78 is 11.3. The van der Waals surface area contributed by atoms with E-state index in [0.29, 0.717) is 0 Å². The average molecular weight is 372 g/mol. The lowest BCUT2D eigenvalue weighted by molar-refractivity contribution is -0.928. The van der Waals surface area contributed by atoms with Gasteiger partial charge in [0.25, 0.3) is 0 Å². The maximum absolute atomic E-state index is 13.3. The first kappa shape index (κ1) is 18.5. The molecule has 6 nitrogen and oxygen atoms in total. The van der Waals surface area contributed by atoms with E-state index >= 15 is 0 Å². The molecule has 27 heavy (non-hydrogen) atoms. The number of benzene rings is 1. The summed E-state index contributed by atoms with van der Waals surface area (Å²) in [7, 11) is 0. The summed E-state index contributed by atoms with van der Waals surface area (Å²) >= 11 is 0. The van der Waals surface area contributed by atoms with Crippen LogP contribution in [-0.2, 0) is 16.0 Å². The summed E-state index contributed by atoms with van der Waals surface area (Å²) in [5, 5.41) is 0.786. The molecule has 2 aliphatic rings. The second kappa shape index (κ2) is 7.62. The lowest BCUT2D eigenvalue weighted by Gasteiger charge is -2.32. The van der Waals surface area contributed by atoms with Crippen LogP contribution < -0.4 is 15.2 Å². The zero-order valence-electron chi connectivity index (χ0n) is 16.5. The molecule has 146 valence electrons. The Morgan fingerprint density at radius 1 is 1.19 bits per heavy atom. The first-order valence-electron chi connectivity index (χ1n) is 9.98. The van der Waals surface area contributed by atoms with Crippen molar-refractivity contribution in [1.82, 2.24) is 4.98 Å². The van der Waals surface area contributed by atoms with Crippen molar-refractivity contribution >= 4 is 16.6 Å². The van der Waals surface area contributed by atoms with Crippen LogP contribution in [0.4, 0.5) is 5.69 Å². The van der Waals surface area contributed by atoms with Crippen molar-refractivity contribution in [3.8, 4) is 0 Å². The SMILES string of the molecule is Cc1[nH]c2ccc(N3CCOCC3)cc2c(=O)c1C[NH+]1CC(C)OC(C)C1. The Morgan fingerprint density at radius 2 is 1.89 bits per heavy atom. The third kappa shape index (κ3) is 3.88. The van der Waals surface area contributed by atoms with Gasteiger partial charge in [0.05, 0.1) is 18.8 Å². The van der Waals surface area contributed by atoms with Crippen LogP contribution in [0.2, 0.25) is 0 Å². The normalized spacial score (nSPS) is 26.5. The Morgan fingerprint density at radius 3 is 2.59 bits per heavy atom. The summed E-state index contributed by atoms with van der Waals surface area (Å²) in [6.45, 7) is 12.1. The molecule has 1 aromatic heterocycles. The van der Waals surface area contributed by atoms with Gasteiger partial charge in [0.15, 0.2) is 5.43 Å². The molecule has 2 unspecified atom stereocenters. The van der Waals surface area contributed by atoms with Gasteiger partial charge in [0.1, 0.15) is 31.8 Å². The molecule has 1 aromatic carbocycles. The maximum Gasteiger partial charge on any atom is 0.198 e. The Balaban J connectivity index is 1.67. The quantitative estimate of drug-likeness (QED) is 0.839. The van der Waals surface area contributed by atoms with Gasteiger partial charge in [-0.15, -0.1) is 0 Å². The Bertz CT molecular complexity index is 863. The number of hydrogen-bond acceptors (Lipinski definition) is 4. The van der Waals surface area contributed by atoms with E-state index in [4.69, 9.17) is 9.47 Å². The fourth-order valence-corrected chi connectivity index (χ4v) is 4.45. The monoisotopic (exact) mass is 372 g/mol. The standard InChI is InChI=1S/C21H29N3O3/c1-14-11-23(12-15(2)27-14)13-19-16(3)22-20-5-4-17(10-18(20)21(19)25)24-6-8-26-9-7-24/h4-5,10,14-15H,6-9,11-13H2,1-3H3,(H,22,25)/p+1. The third-order valence-corrected chi connectivity index (χ3v) is 5.72. The number of quaternary nitrogens is 1. The number of H-pyrrole nitrogens is 1. The highest BCUT2D eigenvalue weighted by Crippen LogP contribution is 2.21. The van der Waals surface area contributed by atoms with Crippen LogP contribution in [0.5, 0.6) is 0 Å². The van der Waals surface area contributed by atoms with Crippen molar-refractivity contribution in [1.29, 1.82) is 0 Å². The van der Waals surface area contributed by atoms with Crippen molar-refractivity contribution < 1.29 is 14.4 Å². The van der Waals surface area contributed by atoms with Gasteiger partial charge in [0, 0.05) is 35.4 Å². The molecule has 2 aliphatic heterocycles. The summed E-state index contributed by atoms with van der Waals surface area (Å²) in [5.74, 6) is 0. The molecule has 2 aromatic rings. The van der Waals surface area contributed by atoms with Crippen molar-refractivity contribution in [2.45, 2.75) is 39.5 Å². The van der Waals surface area contributed by atoms with Crippen molar-refractivity contribution in [3.05, 3.63) is 39.7 Å². The first-order valence-corrected chi connectivity index (χ1v) is 9.98.